The first kappa shape index (κ1) is 31.9. The molecule has 4 aliphatic heterocycles. The molecule has 0 saturated carbocycles. The molecule has 4 aromatic carbocycles. The SMILES string of the molecule is C=CCOc1c(OC)cc2c3c1Oc1cc4c(cc1OC)CCN(C)C4Cc1ccc(cc1)Oc1cc(ccc1OC)CC3N(C)CC2. The van der Waals surface area contributed by atoms with E-state index in [9.17, 15) is 0 Å². The van der Waals surface area contributed by atoms with Gasteiger partial charge in [-0.05, 0) is 110 Å². The summed E-state index contributed by atoms with van der Waals surface area (Å²) in [5.74, 6) is 5.31. The standard InChI is InChI=1S/C40H44N2O6/c1-7-18-46-39-37(45-6)23-28-15-17-42(3)32-20-26-10-13-33(43-4)35(21-26)47-29-11-8-25(9-12-29)19-31-30-24-36(48-40(39)38(28)32)34(44-5)22-27(30)14-16-41(31)2/h7-13,21-24,31-32H,1,14-20H2,2-6H3. The number of fused-ring (bicyclic) bond motifs is 2. The number of methoxy groups -OCH3 is 3. The van der Waals surface area contributed by atoms with Crippen LogP contribution in [0.2, 0.25) is 0 Å². The number of rotatable bonds is 6. The van der Waals surface area contributed by atoms with Crippen molar-refractivity contribution >= 4 is 0 Å². The molecule has 48 heavy (non-hydrogen) atoms. The number of benzene rings is 4. The Morgan fingerprint density at radius 3 is 2.10 bits per heavy atom. The van der Waals surface area contributed by atoms with Gasteiger partial charge >= 0.3 is 0 Å². The van der Waals surface area contributed by atoms with E-state index in [0.29, 0.717) is 53.3 Å². The van der Waals surface area contributed by atoms with Gasteiger partial charge in [0.2, 0.25) is 5.75 Å². The molecule has 8 heteroatoms. The minimum Gasteiger partial charge on any atom is -0.493 e. The average molecular weight is 649 g/mol. The summed E-state index contributed by atoms with van der Waals surface area (Å²) < 4.78 is 37.6. The highest BCUT2D eigenvalue weighted by Gasteiger charge is 2.35. The van der Waals surface area contributed by atoms with E-state index in [4.69, 9.17) is 28.4 Å². The van der Waals surface area contributed by atoms with Gasteiger partial charge in [0.15, 0.2) is 34.5 Å². The van der Waals surface area contributed by atoms with E-state index < -0.39 is 0 Å². The Labute approximate surface area is 283 Å². The van der Waals surface area contributed by atoms with E-state index >= 15 is 0 Å². The molecule has 8 rings (SSSR count). The van der Waals surface area contributed by atoms with Gasteiger partial charge in [-0.1, -0.05) is 30.9 Å². The molecule has 2 unspecified atom stereocenters. The molecular formula is C40H44N2O6. The van der Waals surface area contributed by atoms with Crippen molar-refractivity contribution in [3.63, 3.8) is 0 Å². The smallest absolute Gasteiger partial charge is 0.204 e. The molecule has 0 N–H and O–H groups in total. The molecule has 4 aromatic rings. The summed E-state index contributed by atoms with van der Waals surface area (Å²) in [7, 11) is 9.42. The van der Waals surface area contributed by atoms with Gasteiger partial charge in [0, 0.05) is 30.7 Å². The van der Waals surface area contributed by atoms with Crippen LogP contribution in [0.1, 0.15) is 45.5 Å². The molecule has 250 valence electrons. The van der Waals surface area contributed by atoms with Gasteiger partial charge in [-0.3, -0.25) is 9.80 Å². The first-order valence-corrected chi connectivity index (χ1v) is 16.6. The van der Waals surface area contributed by atoms with Crippen molar-refractivity contribution in [2.24, 2.45) is 0 Å². The van der Waals surface area contributed by atoms with Crippen LogP contribution in [0.4, 0.5) is 0 Å². The van der Waals surface area contributed by atoms with E-state index in [1.54, 1.807) is 27.4 Å². The van der Waals surface area contributed by atoms with Gasteiger partial charge in [0.05, 0.1) is 21.3 Å². The lowest BCUT2D eigenvalue weighted by atomic mass is 9.87. The summed E-state index contributed by atoms with van der Waals surface area (Å²) in [5, 5.41) is 0. The van der Waals surface area contributed by atoms with Gasteiger partial charge in [-0.15, -0.1) is 0 Å². The van der Waals surface area contributed by atoms with Gasteiger partial charge in [-0.25, -0.2) is 0 Å². The predicted molar refractivity (Wildman–Crippen MR) is 187 cm³/mol. The Morgan fingerprint density at radius 1 is 0.729 bits per heavy atom. The van der Waals surface area contributed by atoms with E-state index in [0.717, 1.165) is 49.2 Å². The van der Waals surface area contributed by atoms with Crippen LogP contribution in [0.5, 0.6) is 46.0 Å². The third kappa shape index (κ3) is 5.95. The minimum absolute atomic E-state index is 0.0253. The topological polar surface area (TPSA) is 61.9 Å². The van der Waals surface area contributed by atoms with E-state index in [1.165, 1.54) is 22.3 Å². The highest BCUT2D eigenvalue weighted by atomic mass is 16.6. The Bertz CT molecular complexity index is 1820. The molecule has 6 bridgehead atoms. The van der Waals surface area contributed by atoms with Crippen molar-refractivity contribution in [3.05, 3.63) is 107 Å². The molecular weight excluding hydrogens is 604 g/mol. The first-order valence-electron chi connectivity index (χ1n) is 16.6. The summed E-state index contributed by atoms with van der Waals surface area (Å²) >= 11 is 0. The van der Waals surface area contributed by atoms with Crippen LogP contribution in [0.15, 0.2) is 73.3 Å². The van der Waals surface area contributed by atoms with Crippen molar-refractivity contribution in [3.8, 4) is 46.0 Å². The normalized spacial score (nSPS) is 18.8. The van der Waals surface area contributed by atoms with Crippen LogP contribution < -0.4 is 28.4 Å². The summed E-state index contributed by atoms with van der Waals surface area (Å²) in [4.78, 5) is 4.81. The molecule has 0 radical (unpaired) electrons. The van der Waals surface area contributed by atoms with Gasteiger partial charge in [-0.2, -0.15) is 0 Å². The number of ether oxygens (including phenoxy) is 6. The van der Waals surface area contributed by atoms with Gasteiger partial charge < -0.3 is 28.4 Å². The largest absolute Gasteiger partial charge is 0.493 e. The second kappa shape index (κ2) is 13.5. The zero-order valence-corrected chi connectivity index (χ0v) is 28.5. The third-order valence-electron chi connectivity index (χ3n) is 9.99. The zero-order valence-electron chi connectivity index (χ0n) is 28.5. The van der Waals surface area contributed by atoms with Crippen LogP contribution in [0.25, 0.3) is 0 Å². The van der Waals surface area contributed by atoms with E-state index in [1.807, 2.05) is 18.2 Å². The van der Waals surface area contributed by atoms with Crippen LogP contribution in [0.3, 0.4) is 0 Å². The quantitative estimate of drug-likeness (QED) is 0.197. The zero-order chi connectivity index (χ0) is 33.4. The predicted octanol–water partition coefficient (Wildman–Crippen LogP) is 7.72. The molecule has 4 heterocycles. The van der Waals surface area contributed by atoms with E-state index in [2.05, 4.69) is 72.9 Å². The maximum Gasteiger partial charge on any atom is 0.204 e. The monoisotopic (exact) mass is 648 g/mol. The second-order valence-electron chi connectivity index (χ2n) is 12.8. The first-order chi connectivity index (χ1) is 23.4. The Hall–Kier alpha value is -4.66. The van der Waals surface area contributed by atoms with Gasteiger partial charge in [0.25, 0.3) is 0 Å². The summed E-state index contributed by atoms with van der Waals surface area (Å²) in [6.45, 7) is 6.05. The van der Waals surface area contributed by atoms with Crippen molar-refractivity contribution in [1.29, 1.82) is 0 Å². The molecule has 0 amide bonds. The van der Waals surface area contributed by atoms with E-state index in [-0.39, 0.29) is 12.1 Å². The maximum absolute atomic E-state index is 7.10. The molecule has 0 spiro atoms. The average Bonchev–Trinajstić information content (AvgIpc) is 3.10. The molecule has 2 atom stereocenters. The highest BCUT2D eigenvalue weighted by molar-refractivity contribution is 5.64. The number of nitrogens with zero attached hydrogens (tertiary/aromatic N) is 2. The van der Waals surface area contributed by atoms with Crippen LogP contribution in [-0.4, -0.2) is 64.9 Å². The molecule has 0 aromatic heterocycles. The molecule has 4 aliphatic rings. The minimum atomic E-state index is -0.0253. The van der Waals surface area contributed by atoms with Crippen LogP contribution in [0, 0.1) is 0 Å². The van der Waals surface area contributed by atoms with Gasteiger partial charge in [0.1, 0.15) is 12.4 Å². The molecule has 0 aliphatic carbocycles. The number of hydrogen-bond donors (Lipinski definition) is 0. The third-order valence-corrected chi connectivity index (χ3v) is 9.99. The van der Waals surface area contributed by atoms with Crippen LogP contribution in [-0.2, 0) is 25.7 Å². The summed E-state index contributed by atoms with van der Waals surface area (Å²) in [6.07, 6.45) is 5.06. The fraction of sp³-hybridized carbons (Fsp3) is 0.350. The van der Waals surface area contributed by atoms with Crippen molar-refractivity contribution in [2.45, 2.75) is 37.8 Å². The van der Waals surface area contributed by atoms with Crippen molar-refractivity contribution in [1.82, 2.24) is 9.80 Å². The maximum atomic E-state index is 7.10. The lowest BCUT2D eigenvalue weighted by Gasteiger charge is -2.37. The second-order valence-corrected chi connectivity index (χ2v) is 12.8. The Balaban J connectivity index is 1.47. The van der Waals surface area contributed by atoms with Crippen LogP contribution >= 0.6 is 0 Å². The number of hydrogen-bond acceptors (Lipinski definition) is 8. The lowest BCUT2D eigenvalue weighted by molar-refractivity contribution is 0.219. The van der Waals surface area contributed by atoms with Crippen molar-refractivity contribution in [2.75, 3.05) is 55.1 Å². The fourth-order valence-corrected chi connectivity index (χ4v) is 7.36. The molecule has 0 saturated heterocycles. The lowest BCUT2D eigenvalue weighted by Crippen LogP contribution is -2.34. The Kier molecular flexibility index (Phi) is 8.94. The Morgan fingerprint density at radius 2 is 1.38 bits per heavy atom. The summed E-state index contributed by atoms with van der Waals surface area (Å²) in [6, 6.07) is 21.1. The highest BCUT2D eigenvalue weighted by Crippen LogP contribution is 2.52. The summed E-state index contributed by atoms with van der Waals surface area (Å²) in [5.41, 5.74) is 7.09. The fourth-order valence-electron chi connectivity index (χ4n) is 7.36. The molecule has 0 fully saturated rings. The molecule has 8 nitrogen and oxygen atoms in total. The number of likely N-dealkylation sites (N-methyl/N-ethyl adjacent to an activating group) is 2. The van der Waals surface area contributed by atoms with Crippen molar-refractivity contribution < 1.29 is 28.4 Å².